The first kappa shape index (κ1) is 35.2. The van der Waals surface area contributed by atoms with E-state index in [1.165, 1.54) is 13.8 Å². The van der Waals surface area contributed by atoms with E-state index in [4.69, 9.17) is 38.9 Å². The lowest BCUT2D eigenvalue weighted by atomic mass is 9.96. The number of amides is 2. The summed E-state index contributed by atoms with van der Waals surface area (Å²) in [5.41, 5.74) is 5.32. The molecule has 1 rings (SSSR count). The van der Waals surface area contributed by atoms with Crippen LogP contribution in [0.2, 0.25) is 0 Å². The number of carbonyl (C=O) groups is 5. The van der Waals surface area contributed by atoms with E-state index in [0.29, 0.717) is 52.4 Å². The topological polar surface area (TPSA) is 200 Å². The Hall–Kier alpha value is -2.85. The highest BCUT2D eigenvalue weighted by Gasteiger charge is 2.51. The molecule has 0 aliphatic carbocycles. The quantitative estimate of drug-likeness (QED) is 0.0954. The molecule has 230 valence electrons. The van der Waals surface area contributed by atoms with Gasteiger partial charge >= 0.3 is 17.9 Å². The van der Waals surface area contributed by atoms with Crippen LogP contribution in [-0.2, 0) is 57.1 Å². The molecule has 2 amide bonds. The summed E-state index contributed by atoms with van der Waals surface area (Å²) in [5.74, 6) is -2.60. The van der Waals surface area contributed by atoms with Crippen LogP contribution >= 0.6 is 0 Å². The molecule has 15 nitrogen and oxygen atoms in total. The molecular formula is C25H43N3O12. The Morgan fingerprint density at radius 2 is 1.45 bits per heavy atom. The van der Waals surface area contributed by atoms with Crippen LogP contribution in [0.1, 0.15) is 47.0 Å². The molecular weight excluding hydrogens is 534 g/mol. The maximum absolute atomic E-state index is 12.0. The number of carbonyl (C=O) groups excluding carboxylic acids is 5. The fourth-order valence-electron chi connectivity index (χ4n) is 3.78. The summed E-state index contributed by atoms with van der Waals surface area (Å²) in [5, 5.41) is 5.39. The Kier molecular flexibility index (Phi) is 17.7. The third-order valence-electron chi connectivity index (χ3n) is 5.35. The Bertz CT molecular complexity index is 812. The van der Waals surface area contributed by atoms with Gasteiger partial charge in [0, 0.05) is 53.8 Å². The third kappa shape index (κ3) is 15.1. The van der Waals surface area contributed by atoms with Crippen LogP contribution in [0, 0.1) is 0 Å². The monoisotopic (exact) mass is 577 g/mol. The maximum atomic E-state index is 12.0. The zero-order valence-electron chi connectivity index (χ0n) is 23.6. The zero-order valence-corrected chi connectivity index (χ0v) is 23.6. The lowest BCUT2D eigenvalue weighted by Crippen LogP contribution is -2.66. The molecule has 40 heavy (non-hydrogen) atoms. The average Bonchev–Trinajstić information content (AvgIpc) is 2.86. The van der Waals surface area contributed by atoms with Crippen molar-refractivity contribution in [1.82, 2.24) is 10.6 Å². The molecule has 1 saturated heterocycles. The number of esters is 3. The molecule has 5 atom stereocenters. The minimum atomic E-state index is -1.19. The fourth-order valence-corrected chi connectivity index (χ4v) is 3.78. The van der Waals surface area contributed by atoms with E-state index in [0.717, 1.165) is 13.8 Å². The molecule has 1 aliphatic rings. The average molecular weight is 578 g/mol. The molecule has 0 aromatic heterocycles. The summed E-state index contributed by atoms with van der Waals surface area (Å²) in [6.45, 7) is 7.09. The van der Waals surface area contributed by atoms with Crippen LogP contribution in [0.15, 0.2) is 0 Å². The van der Waals surface area contributed by atoms with Gasteiger partial charge in [0.2, 0.25) is 11.8 Å². The van der Waals surface area contributed by atoms with Gasteiger partial charge in [-0.25, -0.2) is 0 Å². The number of unbranched alkanes of at least 4 members (excludes halogenated alkanes) is 1. The van der Waals surface area contributed by atoms with Gasteiger partial charge in [-0.1, -0.05) is 0 Å². The second kappa shape index (κ2) is 20.1. The molecule has 0 aromatic rings. The van der Waals surface area contributed by atoms with Gasteiger partial charge in [-0.2, -0.15) is 0 Å². The molecule has 15 heteroatoms. The number of nitrogens with two attached hydrogens (primary N) is 1. The highest BCUT2D eigenvalue weighted by Crippen LogP contribution is 2.28. The summed E-state index contributed by atoms with van der Waals surface area (Å²) < 4.78 is 38.1. The van der Waals surface area contributed by atoms with Crippen molar-refractivity contribution in [3.63, 3.8) is 0 Å². The van der Waals surface area contributed by atoms with Gasteiger partial charge in [-0.3, -0.25) is 24.0 Å². The van der Waals surface area contributed by atoms with E-state index >= 15 is 0 Å². The van der Waals surface area contributed by atoms with Gasteiger partial charge in [0.25, 0.3) is 0 Å². The van der Waals surface area contributed by atoms with Gasteiger partial charge in [-0.05, 0) is 12.8 Å². The lowest BCUT2D eigenvalue weighted by Gasteiger charge is -2.44. The molecule has 0 saturated carbocycles. The van der Waals surface area contributed by atoms with Crippen LogP contribution in [0.5, 0.6) is 0 Å². The zero-order chi connectivity index (χ0) is 29.9. The second-order valence-electron chi connectivity index (χ2n) is 8.91. The molecule has 0 radical (unpaired) electrons. The Morgan fingerprint density at radius 1 is 0.800 bits per heavy atom. The summed E-state index contributed by atoms with van der Waals surface area (Å²) in [6, 6.07) is -1.04. The second-order valence-corrected chi connectivity index (χ2v) is 8.91. The van der Waals surface area contributed by atoms with Crippen molar-refractivity contribution in [2.24, 2.45) is 5.73 Å². The smallest absolute Gasteiger partial charge is 0.303 e. The number of nitrogens with one attached hydrogen (secondary N) is 2. The van der Waals surface area contributed by atoms with E-state index in [2.05, 4.69) is 10.6 Å². The summed E-state index contributed by atoms with van der Waals surface area (Å²) in [6.07, 6.45) is -3.35. The van der Waals surface area contributed by atoms with Crippen LogP contribution in [0.4, 0.5) is 0 Å². The first-order valence-electron chi connectivity index (χ1n) is 13.2. The maximum Gasteiger partial charge on any atom is 0.303 e. The van der Waals surface area contributed by atoms with Crippen molar-refractivity contribution < 1.29 is 57.1 Å². The summed E-state index contributed by atoms with van der Waals surface area (Å²) >= 11 is 0. The van der Waals surface area contributed by atoms with Crippen molar-refractivity contribution >= 4 is 29.7 Å². The highest BCUT2D eigenvalue weighted by atomic mass is 16.7. The molecule has 4 N–H and O–H groups in total. The largest absolute Gasteiger partial charge is 0.463 e. The minimum absolute atomic E-state index is 0.130. The predicted molar refractivity (Wildman–Crippen MR) is 138 cm³/mol. The highest BCUT2D eigenvalue weighted by molar-refractivity contribution is 5.75. The molecule has 0 aromatic carbocycles. The van der Waals surface area contributed by atoms with Crippen molar-refractivity contribution in [1.29, 1.82) is 0 Å². The Balaban J connectivity index is 2.66. The summed E-state index contributed by atoms with van der Waals surface area (Å²) in [7, 11) is 0. The lowest BCUT2D eigenvalue weighted by molar-refractivity contribution is -0.277. The number of hydrogen-bond acceptors (Lipinski definition) is 13. The van der Waals surface area contributed by atoms with Gasteiger partial charge in [0.15, 0.2) is 18.5 Å². The van der Waals surface area contributed by atoms with E-state index in [1.54, 1.807) is 0 Å². The number of hydrogen-bond donors (Lipinski definition) is 3. The van der Waals surface area contributed by atoms with Gasteiger partial charge in [-0.15, -0.1) is 0 Å². The summed E-state index contributed by atoms with van der Waals surface area (Å²) in [4.78, 5) is 59.1. The molecule has 1 heterocycles. The third-order valence-corrected chi connectivity index (χ3v) is 5.35. The standard InChI is InChI=1S/C25H43N3O12/c1-16(29)28-22-24(39-19(4)32)23(38-18(3)31)20(15-37-17(2)30)40-25(22)36-10-6-5-7-21(33)27-9-12-35-14-13-34-11-8-26/h20,22-25H,5-15,26H2,1-4H3,(H,27,33)(H,28,29)/t20-,22-,23+,24-,25-/m1/s1. The van der Waals surface area contributed by atoms with Gasteiger partial charge in [0.05, 0.1) is 26.4 Å². The first-order chi connectivity index (χ1) is 19.0. The normalized spacial score (nSPS) is 22.2. The predicted octanol–water partition coefficient (Wildman–Crippen LogP) is -1.06. The number of ether oxygens (including phenoxy) is 7. The van der Waals surface area contributed by atoms with Crippen molar-refractivity contribution in [3.8, 4) is 0 Å². The fraction of sp³-hybridized carbons (Fsp3) is 0.800. The van der Waals surface area contributed by atoms with Crippen LogP contribution < -0.4 is 16.4 Å². The first-order valence-corrected chi connectivity index (χ1v) is 13.2. The van der Waals surface area contributed by atoms with E-state index < -0.39 is 54.5 Å². The van der Waals surface area contributed by atoms with Crippen molar-refractivity contribution in [3.05, 3.63) is 0 Å². The SMILES string of the molecule is CC(=O)N[C@H]1[C@H](OCCCCC(=O)NCCOCCOCCN)O[C@H](COC(C)=O)[C@H](OC(C)=O)[C@@H]1OC(C)=O. The van der Waals surface area contributed by atoms with E-state index in [-0.39, 0.29) is 25.5 Å². The Morgan fingerprint density at radius 3 is 2.05 bits per heavy atom. The van der Waals surface area contributed by atoms with Gasteiger partial charge < -0.3 is 49.5 Å². The van der Waals surface area contributed by atoms with E-state index in [9.17, 15) is 24.0 Å². The van der Waals surface area contributed by atoms with Crippen LogP contribution in [-0.4, -0.2) is 113 Å². The van der Waals surface area contributed by atoms with Crippen LogP contribution in [0.25, 0.3) is 0 Å². The van der Waals surface area contributed by atoms with Crippen LogP contribution in [0.3, 0.4) is 0 Å². The molecule has 1 fully saturated rings. The molecule has 0 unspecified atom stereocenters. The molecule has 1 aliphatic heterocycles. The van der Waals surface area contributed by atoms with Gasteiger partial charge in [0.1, 0.15) is 18.8 Å². The Labute approximate surface area is 234 Å². The van der Waals surface area contributed by atoms with E-state index in [1.807, 2.05) is 0 Å². The minimum Gasteiger partial charge on any atom is -0.463 e. The number of rotatable bonds is 19. The molecule has 0 spiro atoms. The van der Waals surface area contributed by atoms with Crippen molar-refractivity contribution in [2.75, 3.05) is 52.7 Å². The molecule has 0 bridgehead atoms. The van der Waals surface area contributed by atoms with Crippen molar-refractivity contribution in [2.45, 2.75) is 77.6 Å².